The zero-order valence-electron chi connectivity index (χ0n) is 10.5. The van der Waals surface area contributed by atoms with Crippen LogP contribution < -0.4 is 10.6 Å². The van der Waals surface area contributed by atoms with Gasteiger partial charge in [-0.15, -0.1) is 0 Å². The molecule has 0 aromatic heterocycles. The number of hydrogen-bond acceptors (Lipinski definition) is 2. The molecule has 3 nitrogen and oxygen atoms in total. The summed E-state index contributed by atoms with van der Waals surface area (Å²) in [5.41, 5.74) is 2.16. The lowest BCUT2D eigenvalue weighted by Crippen LogP contribution is -2.39. The minimum absolute atomic E-state index is 0.0427. The SMILES string of the molecule is CCc1ccc(NC(=O)C(C)NC2CC2)cc1. The second-order valence-electron chi connectivity index (χ2n) is 4.70. The number of aryl methyl sites for hydroxylation is 1. The van der Waals surface area contributed by atoms with Gasteiger partial charge in [0.25, 0.3) is 0 Å². The van der Waals surface area contributed by atoms with Crippen LogP contribution in [0.2, 0.25) is 0 Å². The molecule has 0 saturated heterocycles. The largest absolute Gasteiger partial charge is 0.325 e. The third-order valence-corrected chi connectivity index (χ3v) is 3.09. The molecule has 1 unspecified atom stereocenters. The van der Waals surface area contributed by atoms with Crippen LogP contribution in [0.1, 0.15) is 32.3 Å². The normalized spacial score (nSPS) is 16.6. The highest BCUT2D eigenvalue weighted by Gasteiger charge is 2.25. The summed E-state index contributed by atoms with van der Waals surface area (Å²) >= 11 is 0. The number of rotatable bonds is 5. The van der Waals surface area contributed by atoms with Gasteiger partial charge in [0, 0.05) is 11.7 Å². The van der Waals surface area contributed by atoms with Crippen molar-refractivity contribution in [2.75, 3.05) is 5.32 Å². The second-order valence-corrected chi connectivity index (χ2v) is 4.70. The molecule has 3 heteroatoms. The molecule has 0 radical (unpaired) electrons. The van der Waals surface area contributed by atoms with Gasteiger partial charge < -0.3 is 10.6 Å². The Balaban J connectivity index is 1.87. The maximum atomic E-state index is 11.9. The molecule has 2 N–H and O–H groups in total. The van der Waals surface area contributed by atoms with E-state index in [4.69, 9.17) is 0 Å². The summed E-state index contributed by atoms with van der Waals surface area (Å²) in [5.74, 6) is 0.0427. The number of carbonyl (C=O) groups excluding carboxylic acids is 1. The Morgan fingerprint density at radius 1 is 1.35 bits per heavy atom. The van der Waals surface area contributed by atoms with Gasteiger partial charge in [0.05, 0.1) is 6.04 Å². The quantitative estimate of drug-likeness (QED) is 0.818. The smallest absolute Gasteiger partial charge is 0.241 e. The van der Waals surface area contributed by atoms with Gasteiger partial charge in [-0.25, -0.2) is 0 Å². The molecule has 0 spiro atoms. The van der Waals surface area contributed by atoms with Gasteiger partial charge in [0.1, 0.15) is 0 Å². The summed E-state index contributed by atoms with van der Waals surface area (Å²) in [6, 6.07) is 8.45. The van der Waals surface area contributed by atoms with Crippen molar-refractivity contribution in [1.82, 2.24) is 5.32 Å². The molecule has 1 saturated carbocycles. The monoisotopic (exact) mass is 232 g/mol. The Kier molecular flexibility index (Phi) is 3.79. The molecule has 1 aliphatic carbocycles. The van der Waals surface area contributed by atoms with E-state index in [1.807, 2.05) is 19.1 Å². The summed E-state index contributed by atoms with van der Waals surface area (Å²) in [5, 5.41) is 6.21. The second kappa shape index (κ2) is 5.32. The predicted molar refractivity (Wildman–Crippen MR) is 70.1 cm³/mol. The Morgan fingerprint density at radius 3 is 2.53 bits per heavy atom. The molecule has 1 aromatic rings. The molecule has 1 amide bonds. The van der Waals surface area contributed by atoms with Crippen molar-refractivity contribution in [2.24, 2.45) is 0 Å². The van der Waals surface area contributed by atoms with E-state index >= 15 is 0 Å². The van der Waals surface area contributed by atoms with Crippen LogP contribution in [0.3, 0.4) is 0 Å². The molecular weight excluding hydrogens is 212 g/mol. The fourth-order valence-electron chi connectivity index (χ4n) is 1.75. The number of nitrogens with one attached hydrogen (secondary N) is 2. The van der Waals surface area contributed by atoms with Crippen molar-refractivity contribution in [1.29, 1.82) is 0 Å². The van der Waals surface area contributed by atoms with Crippen LogP contribution in [-0.4, -0.2) is 18.0 Å². The standard InChI is InChI=1S/C14H20N2O/c1-3-11-4-6-13(7-5-11)16-14(17)10(2)15-12-8-9-12/h4-7,10,12,15H,3,8-9H2,1-2H3,(H,16,17). The summed E-state index contributed by atoms with van der Waals surface area (Å²) in [6.45, 7) is 4.03. The zero-order chi connectivity index (χ0) is 12.3. The van der Waals surface area contributed by atoms with Crippen LogP contribution in [0.15, 0.2) is 24.3 Å². The summed E-state index contributed by atoms with van der Waals surface area (Å²) in [6.07, 6.45) is 3.42. The van der Waals surface area contributed by atoms with Crippen molar-refractivity contribution in [3.05, 3.63) is 29.8 Å². The number of anilines is 1. The van der Waals surface area contributed by atoms with Gasteiger partial charge >= 0.3 is 0 Å². The van der Waals surface area contributed by atoms with Crippen molar-refractivity contribution >= 4 is 11.6 Å². The third kappa shape index (κ3) is 3.56. The first-order chi connectivity index (χ1) is 8.19. The summed E-state index contributed by atoms with van der Waals surface area (Å²) < 4.78 is 0. The van der Waals surface area contributed by atoms with E-state index in [9.17, 15) is 4.79 Å². The topological polar surface area (TPSA) is 41.1 Å². The van der Waals surface area contributed by atoms with E-state index in [0.29, 0.717) is 6.04 Å². The van der Waals surface area contributed by atoms with Gasteiger partial charge in [0.2, 0.25) is 5.91 Å². The minimum Gasteiger partial charge on any atom is -0.325 e. The zero-order valence-corrected chi connectivity index (χ0v) is 10.5. The maximum Gasteiger partial charge on any atom is 0.241 e. The van der Waals surface area contributed by atoms with Gasteiger partial charge in [0.15, 0.2) is 0 Å². The third-order valence-electron chi connectivity index (χ3n) is 3.09. The lowest BCUT2D eigenvalue weighted by molar-refractivity contribution is -0.117. The van der Waals surface area contributed by atoms with Crippen molar-refractivity contribution in [3.8, 4) is 0 Å². The van der Waals surface area contributed by atoms with E-state index in [2.05, 4.69) is 29.7 Å². The molecular formula is C14H20N2O. The highest BCUT2D eigenvalue weighted by Crippen LogP contribution is 2.19. The van der Waals surface area contributed by atoms with Crippen LogP contribution in [0.25, 0.3) is 0 Å². The maximum absolute atomic E-state index is 11.9. The minimum atomic E-state index is -0.117. The Labute approximate surface area is 103 Å². The fourth-order valence-corrected chi connectivity index (χ4v) is 1.75. The van der Waals surface area contributed by atoms with E-state index in [1.165, 1.54) is 18.4 Å². The van der Waals surface area contributed by atoms with Crippen LogP contribution in [-0.2, 0) is 11.2 Å². The first-order valence-corrected chi connectivity index (χ1v) is 6.35. The van der Waals surface area contributed by atoms with Crippen molar-refractivity contribution in [2.45, 2.75) is 45.2 Å². The van der Waals surface area contributed by atoms with E-state index in [1.54, 1.807) is 0 Å². The van der Waals surface area contributed by atoms with Crippen LogP contribution in [0.5, 0.6) is 0 Å². The summed E-state index contributed by atoms with van der Waals surface area (Å²) in [4.78, 5) is 11.9. The molecule has 1 fully saturated rings. The van der Waals surface area contributed by atoms with Crippen LogP contribution in [0.4, 0.5) is 5.69 Å². The Hall–Kier alpha value is -1.35. The van der Waals surface area contributed by atoms with Crippen LogP contribution in [0, 0.1) is 0 Å². The first kappa shape index (κ1) is 12.1. The average molecular weight is 232 g/mol. The van der Waals surface area contributed by atoms with E-state index in [-0.39, 0.29) is 11.9 Å². The van der Waals surface area contributed by atoms with Crippen LogP contribution >= 0.6 is 0 Å². The summed E-state index contributed by atoms with van der Waals surface area (Å²) in [7, 11) is 0. The molecule has 0 heterocycles. The highest BCUT2D eigenvalue weighted by molar-refractivity contribution is 5.94. The highest BCUT2D eigenvalue weighted by atomic mass is 16.2. The molecule has 0 aliphatic heterocycles. The molecule has 1 aliphatic rings. The molecule has 1 aromatic carbocycles. The number of carbonyl (C=O) groups is 1. The van der Waals surface area contributed by atoms with E-state index in [0.717, 1.165) is 12.1 Å². The lowest BCUT2D eigenvalue weighted by atomic mass is 10.1. The average Bonchev–Trinajstić information content (AvgIpc) is 3.14. The predicted octanol–water partition coefficient (Wildman–Crippen LogP) is 2.33. The number of hydrogen-bond donors (Lipinski definition) is 2. The van der Waals surface area contributed by atoms with Gasteiger partial charge in [-0.2, -0.15) is 0 Å². The van der Waals surface area contributed by atoms with Gasteiger partial charge in [-0.1, -0.05) is 19.1 Å². The van der Waals surface area contributed by atoms with Crippen molar-refractivity contribution < 1.29 is 4.79 Å². The van der Waals surface area contributed by atoms with E-state index < -0.39 is 0 Å². The molecule has 2 rings (SSSR count). The fraction of sp³-hybridized carbons (Fsp3) is 0.500. The van der Waals surface area contributed by atoms with Gasteiger partial charge in [-0.05, 0) is 43.9 Å². The number of benzene rings is 1. The molecule has 92 valence electrons. The van der Waals surface area contributed by atoms with Crippen molar-refractivity contribution in [3.63, 3.8) is 0 Å². The molecule has 0 bridgehead atoms. The molecule has 1 atom stereocenters. The van der Waals surface area contributed by atoms with Gasteiger partial charge in [-0.3, -0.25) is 4.79 Å². The number of amides is 1. The molecule has 17 heavy (non-hydrogen) atoms. The Bertz CT molecular complexity index is 382. The Morgan fingerprint density at radius 2 is 2.00 bits per heavy atom. The lowest BCUT2D eigenvalue weighted by Gasteiger charge is -2.13. The first-order valence-electron chi connectivity index (χ1n) is 6.35.